The summed E-state index contributed by atoms with van der Waals surface area (Å²) >= 11 is 0. The molecular weight excluding hydrogens is 244 g/mol. The third-order valence-corrected chi connectivity index (χ3v) is 2.71. The summed E-state index contributed by atoms with van der Waals surface area (Å²) in [5.74, 6) is 0.313. The number of methoxy groups -OCH3 is 1. The molecule has 1 aromatic carbocycles. The van der Waals surface area contributed by atoms with Crippen LogP contribution in [0.15, 0.2) is 41.5 Å². The average molecular weight is 258 g/mol. The lowest BCUT2D eigenvalue weighted by atomic mass is 10.1. The second-order valence-electron chi connectivity index (χ2n) is 4.17. The van der Waals surface area contributed by atoms with E-state index in [0.29, 0.717) is 11.3 Å². The normalized spacial score (nSPS) is 10.2. The van der Waals surface area contributed by atoms with Crippen molar-refractivity contribution in [2.45, 2.75) is 13.5 Å². The Hall–Kier alpha value is -2.43. The fourth-order valence-corrected chi connectivity index (χ4v) is 1.79. The Morgan fingerprint density at radius 1 is 1.37 bits per heavy atom. The van der Waals surface area contributed by atoms with Gasteiger partial charge in [0.2, 0.25) is 0 Å². The zero-order valence-electron chi connectivity index (χ0n) is 10.8. The Labute approximate surface area is 110 Å². The first kappa shape index (κ1) is 13.0. The molecule has 0 atom stereocenters. The summed E-state index contributed by atoms with van der Waals surface area (Å²) < 4.78 is 6.43. The lowest BCUT2D eigenvalue weighted by Crippen LogP contribution is -2.26. The number of rotatable bonds is 4. The molecule has 0 saturated carbocycles. The van der Waals surface area contributed by atoms with E-state index < -0.39 is 5.69 Å². The number of hydrogen-bond acceptors (Lipinski definition) is 4. The lowest BCUT2D eigenvalue weighted by molar-refractivity contribution is 0.0967. The molecule has 5 heteroatoms. The highest BCUT2D eigenvalue weighted by Crippen LogP contribution is 2.18. The van der Waals surface area contributed by atoms with Crippen LogP contribution >= 0.6 is 0 Å². The number of nitrogens with zero attached hydrogens (tertiary/aromatic N) is 2. The van der Waals surface area contributed by atoms with Crippen molar-refractivity contribution in [2.24, 2.45) is 0 Å². The van der Waals surface area contributed by atoms with E-state index in [4.69, 9.17) is 4.74 Å². The molecule has 2 rings (SSSR count). The number of aromatic nitrogens is 2. The molecule has 0 spiro atoms. The number of ether oxygens (including phenoxy) is 1. The number of aryl methyl sites for hydroxylation is 1. The van der Waals surface area contributed by atoms with Crippen LogP contribution in [0.5, 0.6) is 5.75 Å². The van der Waals surface area contributed by atoms with Crippen LogP contribution in [0.25, 0.3) is 0 Å². The van der Waals surface area contributed by atoms with E-state index >= 15 is 0 Å². The molecule has 0 radical (unpaired) electrons. The minimum Gasteiger partial charge on any atom is -0.496 e. The van der Waals surface area contributed by atoms with Gasteiger partial charge in [0.25, 0.3) is 0 Å². The van der Waals surface area contributed by atoms with Crippen LogP contribution in [0.1, 0.15) is 15.9 Å². The van der Waals surface area contributed by atoms with Crippen LogP contribution in [0.4, 0.5) is 0 Å². The van der Waals surface area contributed by atoms with E-state index in [-0.39, 0.29) is 12.3 Å². The first-order valence-corrected chi connectivity index (χ1v) is 5.81. The topological polar surface area (TPSA) is 61.2 Å². The predicted octanol–water partition coefficient (Wildman–Crippen LogP) is 1.44. The zero-order chi connectivity index (χ0) is 13.8. The molecule has 1 heterocycles. The van der Waals surface area contributed by atoms with Gasteiger partial charge in [-0.25, -0.2) is 9.78 Å². The van der Waals surface area contributed by atoms with Crippen molar-refractivity contribution in [2.75, 3.05) is 7.11 Å². The van der Waals surface area contributed by atoms with Gasteiger partial charge in [-0.3, -0.25) is 9.36 Å². The quantitative estimate of drug-likeness (QED) is 0.779. The average Bonchev–Trinajstić information content (AvgIpc) is 2.42. The van der Waals surface area contributed by atoms with E-state index in [2.05, 4.69) is 4.98 Å². The van der Waals surface area contributed by atoms with Gasteiger partial charge in [-0.1, -0.05) is 12.1 Å². The molecule has 0 aliphatic heterocycles. The maximum atomic E-state index is 12.2. The van der Waals surface area contributed by atoms with Gasteiger partial charge in [-0.05, 0) is 24.6 Å². The van der Waals surface area contributed by atoms with Gasteiger partial charge < -0.3 is 4.74 Å². The molecule has 0 aliphatic rings. The van der Waals surface area contributed by atoms with Crippen molar-refractivity contribution >= 4 is 5.78 Å². The van der Waals surface area contributed by atoms with Gasteiger partial charge >= 0.3 is 5.69 Å². The fraction of sp³-hybridized carbons (Fsp3) is 0.214. The molecule has 0 unspecified atom stereocenters. The second kappa shape index (κ2) is 5.48. The molecule has 0 amide bonds. The van der Waals surface area contributed by atoms with Crippen molar-refractivity contribution in [1.82, 2.24) is 9.55 Å². The molecular formula is C14H14N2O3. The van der Waals surface area contributed by atoms with E-state index in [1.54, 1.807) is 30.5 Å². The highest BCUT2D eigenvalue weighted by molar-refractivity contribution is 5.98. The number of carbonyl (C=O) groups is 1. The predicted molar refractivity (Wildman–Crippen MR) is 70.6 cm³/mol. The Kier molecular flexibility index (Phi) is 3.75. The summed E-state index contributed by atoms with van der Waals surface area (Å²) in [6.07, 6.45) is 3.09. The number of ketones is 1. The summed E-state index contributed by atoms with van der Waals surface area (Å²) in [7, 11) is 1.51. The van der Waals surface area contributed by atoms with Crippen LogP contribution < -0.4 is 10.4 Å². The first-order valence-electron chi connectivity index (χ1n) is 5.81. The van der Waals surface area contributed by atoms with Crippen molar-refractivity contribution in [3.05, 3.63) is 58.3 Å². The molecule has 0 bridgehead atoms. The molecule has 19 heavy (non-hydrogen) atoms. The molecule has 0 saturated heterocycles. The smallest absolute Gasteiger partial charge is 0.347 e. The van der Waals surface area contributed by atoms with Gasteiger partial charge in [0.1, 0.15) is 5.75 Å². The molecule has 0 fully saturated rings. The summed E-state index contributed by atoms with van der Waals surface area (Å²) in [6, 6.07) is 6.93. The molecule has 0 N–H and O–H groups in total. The Morgan fingerprint density at radius 2 is 2.11 bits per heavy atom. The van der Waals surface area contributed by atoms with Gasteiger partial charge in [0, 0.05) is 12.4 Å². The summed E-state index contributed by atoms with van der Waals surface area (Å²) in [5, 5.41) is 0. The zero-order valence-corrected chi connectivity index (χ0v) is 10.8. The SMILES string of the molecule is COc1ccccc1C(=O)Cn1cc(C)cnc1=O. The van der Waals surface area contributed by atoms with Gasteiger partial charge in [-0.2, -0.15) is 0 Å². The summed E-state index contributed by atoms with van der Waals surface area (Å²) in [6.45, 7) is 1.77. The van der Waals surface area contributed by atoms with E-state index in [1.165, 1.54) is 17.9 Å². The third-order valence-electron chi connectivity index (χ3n) is 2.71. The summed E-state index contributed by atoms with van der Waals surface area (Å²) in [4.78, 5) is 27.4. The highest BCUT2D eigenvalue weighted by Gasteiger charge is 2.12. The molecule has 98 valence electrons. The largest absolute Gasteiger partial charge is 0.496 e. The van der Waals surface area contributed by atoms with Crippen molar-refractivity contribution < 1.29 is 9.53 Å². The molecule has 2 aromatic rings. The Balaban J connectivity index is 2.31. The standard InChI is InChI=1S/C14H14N2O3/c1-10-7-15-14(18)16(8-10)9-12(17)11-5-3-4-6-13(11)19-2/h3-8H,9H2,1-2H3. The number of Topliss-reactive ketones (excluding diaryl/α,β-unsaturated/α-hetero) is 1. The van der Waals surface area contributed by atoms with Crippen LogP contribution in [0.3, 0.4) is 0 Å². The van der Waals surface area contributed by atoms with E-state index in [0.717, 1.165) is 5.56 Å². The van der Waals surface area contributed by atoms with Gasteiger partial charge in [0.15, 0.2) is 5.78 Å². The minimum absolute atomic E-state index is 0.0477. The van der Waals surface area contributed by atoms with Crippen molar-refractivity contribution in [1.29, 1.82) is 0 Å². The lowest BCUT2D eigenvalue weighted by Gasteiger charge is -2.08. The monoisotopic (exact) mass is 258 g/mol. The maximum Gasteiger partial charge on any atom is 0.347 e. The number of hydrogen-bond donors (Lipinski definition) is 0. The first-order chi connectivity index (χ1) is 9.11. The molecule has 1 aromatic heterocycles. The minimum atomic E-state index is -0.436. The second-order valence-corrected chi connectivity index (χ2v) is 4.17. The number of para-hydroxylation sites is 1. The van der Waals surface area contributed by atoms with Gasteiger partial charge in [-0.15, -0.1) is 0 Å². The van der Waals surface area contributed by atoms with Crippen molar-refractivity contribution in [3.8, 4) is 5.75 Å². The van der Waals surface area contributed by atoms with Crippen LogP contribution in [0.2, 0.25) is 0 Å². The van der Waals surface area contributed by atoms with Crippen LogP contribution in [0, 0.1) is 6.92 Å². The van der Waals surface area contributed by atoms with E-state index in [9.17, 15) is 9.59 Å². The van der Waals surface area contributed by atoms with Crippen molar-refractivity contribution in [3.63, 3.8) is 0 Å². The van der Waals surface area contributed by atoms with Gasteiger partial charge in [0.05, 0.1) is 19.2 Å². The third kappa shape index (κ3) is 2.88. The van der Waals surface area contributed by atoms with Crippen LogP contribution in [-0.4, -0.2) is 22.4 Å². The Bertz CT molecular complexity index is 662. The molecule has 5 nitrogen and oxygen atoms in total. The van der Waals surface area contributed by atoms with E-state index in [1.807, 2.05) is 6.92 Å². The highest BCUT2D eigenvalue weighted by atomic mass is 16.5. The Morgan fingerprint density at radius 3 is 2.84 bits per heavy atom. The number of benzene rings is 1. The molecule has 0 aliphatic carbocycles. The fourth-order valence-electron chi connectivity index (χ4n) is 1.79. The van der Waals surface area contributed by atoms with Crippen LogP contribution in [-0.2, 0) is 6.54 Å². The maximum absolute atomic E-state index is 12.2. The summed E-state index contributed by atoms with van der Waals surface area (Å²) in [5.41, 5.74) is 0.847. The number of carbonyl (C=O) groups excluding carboxylic acids is 1.